The van der Waals surface area contributed by atoms with Crippen LogP contribution in [-0.4, -0.2) is 11.1 Å². The minimum atomic E-state index is -0.849. The fraction of sp³-hybridized carbons (Fsp3) is 0.786. The zero-order valence-corrected chi connectivity index (χ0v) is 10.8. The molecule has 1 unspecified atom stereocenters. The number of carbonyl (C=O) groups is 1. The number of rotatable bonds is 10. The Morgan fingerprint density at radius 1 is 1.19 bits per heavy atom. The van der Waals surface area contributed by atoms with Crippen molar-refractivity contribution in [1.82, 2.24) is 0 Å². The maximum atomic E-state index is 10.5. The molecule has 0 amide bonds. The third kappa shape index (κ3) is 7.49. The van der Waals surface area contributed by atoms with Crippen LogP contribution in [0.5, 0.6) is 0 Å². The first kappa shape index (κ1) is 15.2. The van der Waals surface area contributed by atoms with Gasteiger partial charge in [-0.2, -0.15) is 0 Å². The van der Waals surface area contributed by atoms with Gasteiger partial charge in [-0.3, -0.25) is 0 Å². The lowest BCUT2D eigenvalue weighted by molar-refractivity contribution is -0.132. The van der Waals surface area contributed by atoms with Crippen LogP contribution in [0.25, 0.3) is 0 Å². The number of carboxylic acid groups (broad SMARTS) is 1. The van der Waals surface area contributed by atoms with E-state index in [1.165, 1.54) is 32.1 Å². The van der Waals surface area contributed by atoms with E-state index in [-0.39, 0.29) is 0 Å². The second kappa shape index (κ2) is 9.44. The van der Waals surface area contributed by atoms with Crippen molar-refractivity contribution in [2.24, 2.45) is 5.92 Å². The van der Waals surface area contributed by atoms with Gasteiger partial charge in [0.2, 0.25) is 0 Å². The van der Waals surface area contributed by atoms with Crippen molar-refractivity contribution in [3.8, 4) is 0 Å². The first-order valence-corrected chi connectivity index (χ1v) is 6.52. The molecule has 0 rings (SSSR count). The quantitative estimate of drug-likeness (QED) is 0.442. The molecule has 0 heterocycles. The van der Waals surface area contributed by atoms with Crippen molar-refractivity contribution >= 4 is 5.97 Å². The molecule has 0 fully saturated rings. The maximum absolute atomic E-state index is 10.5. The number of carboxylic acids is 1. The highest BCUT2D eigenvalue weighted by Gasteiger charge is 2.07. The van der Waals surface area contributed by atoms with Crippen LogP contribution in [0.4, 0.5) is 0 Å². The highest BCUT2D eigenvalue weighted by molar-refractivity contribution is 5.85. The zero-order valence-electron chi connectivity index (χ0n) is 10.8. The van der Waals surface area contributed by atoms with Gasteiger partial charge in [-0.1, -0.05) is 59.0 Å². The van der Waals surface area contributed by atoms with Crippen molar-refractivity contribution in [3.63, 3.8) is 0 Å². The second-order valence-electron chi connectivity index (χ2n) is 4.57. The summed E-state index contributed by atoms with van der Waals surface area (Å²) in [7, 11) is 0. The smallest absolute Gasteiger partial charge is 0.330 e. The standard InChI is InChI=1S/C14H26O2/c1-4-6-10-13(5-2)11-8-7-9-12(3)14(15)16/h13H,3-11H2,1-2H3,(H,15,16). The Hall–Kier alpha value is -0.790. The van der Waals surface area contributed by atoms with Gasteiger partial charge in [-0.05, 0) is 18.8 Å². The minimum Gasteiger partial charge on any atom is -0.478 e. The Morgan fingerprint density at radius 2 is 1.81 bits per heavy atom. The van der Waals surface area contributed by atoms with Crippen LogP contribution in [0.1, 0.15) is 65.2 Å². The van der Waals surface area contributed by atoms with Gasteiger partial charge >= 0.3 is 5.97 Å². The Balaban J connectivity index is 3.55. The lowest BCUT2D eigenvalue weighted by Gasteiger charge is -2.13. The molecule has 16 heavy (non-hydrogen) atoms. The van der Waals surface area contributed by atoms with Crippen LogP contribution in [0.3, 0.4) is 0 Å². The van der Waals surface area contributed by atoms with E-state index in [0.29, 0.717) is 12.0 Å². The summed E-state index contributed by atoms with van der Waals surface area (Å²) < 4.78 is 0. The molecule has 0 saturated heterocycles. The fourth-order valence-corrected chi connectivity index (χ4v) is 1.92. The Bertz CT molecular complexity index is 209. The lowest BCUT2D eigenvalue weighted by atomic mass is 9.93. The van der Waals surface area contributed by atoms with E-state index in [9.17, 15) is 4.79 Å². The number of unbranched alkanes of at least 4 members (excludes halogenated alkanes) is 2. The molecule has 2 heteroatoms. The van der Waals surface area contributed by atoms with E-state index in [0.717, 1.165) is 18.8 Å². The predicted molar refractivity (Wildman–Crippen MR) is 68.5 cm³/mol. The lowest BCUT2D eigenvalue weighted by Crippen LogP contribution is -2.01. The van der Waals surface area contributed by atoms with E-state index >= 15 is 0 Å². The highest BCUT2D eigenvalue weighted by Crippen LogP contribution is 2.20. The third-order valence-electron chi connectivity index (χ3n) is 3.19. The monoisotopic (exact) mass is 226 g/mol. The topological polar surface area (TPSA) is 37.3 Å². The summed E-state index contributed by atoms with van der Waals surface area (Å²) >= 11 is 0. The Morgan fingerprint density at radius 3 is 2.31 bits per heavy atom. The molecule has 0 aromatic carbocycles. The molecule has 0 aliphatic heterocycles. The third-order valence-corrected chi connectivity index (χ3v) is 3.19. The average molecular weight is 226 g/mol. The van der Waals surface area contributed by atoms with E-state index in [2.05, 4.69) is 20.4 Å². The van der Waals surface area contributed by atoms with Gasteiger partial charge in [-0.25, -0.2) is 4.79 Å². The van der Waals surface area contributed by atoms with Crippen molar-refractivity contribution in [2.75, 3.05) is 0 Å². The molecule has 0 aromatic heterocycles. The molecule has 1 N–H and O–H groups in total. The van der Waals surface area contributed by atoms with Gasteiger partial charge in [0.25, 0.3) is 0 Å². The molecule has 1 atom stereocenters. The van der Waals surface area contributed by atoms with Crippen molar-refractivity contribution < 1.29 is 9.90 Å². The molecule has 0 aliphatic rings. The summed E-state index contributed by atoms with van der Waals surface area (Å²) in [6.45, 7) is 8.01. The summed E-state index contributed by atoms with van der Waals surface area (Å²) in [5.41, 5.74) is 0.349. The fourth-order valence-electron chi connectivity index (χ4n) is 1.92. The Labute approximate surface area is 99.7 Å². The molecule has 0 radical (unpaired) electrons. The number of aliphatic carboxylic acids is 1. The molecule has 0 aliphatic carbocycles. The zero-order chi connectivity index (χ0) is 12.4. The van der Waals surface area contributed by atoms with E-state index in [4.69, 9.17) is 5.11 Å². The van der Waals surface area contributed by atoms with Crippen LogP contribution in [0, 0.1) is 5.92 Å². The molecule has 2 nitrogen and oxygen atoms in total. The normalized spacial score (nSPS) is 12.4. The summed E-state index contributed by atoms with van der Waals surface area (Å²) in [4.78, 5) is 10.5. The Kier molecular flexibility index (Phi) is 8.97. The first-order chi connectivity index (χ1) is 7.61. The van der Waals surface area contributed by atoms with Crippen molar-refractivity contribution in [3.05, 3.63) is 12.2 Å². The molecular weight excluding hydrogens is 200 g/mol. The van der Waals surface area contributed by atoms with Gasteiger partial charge in [0.1, 0.15) is 0 Å². The molecule has 94 valence electrons. The predicted octanol–water partition coefficient (Wildman–Crippen LogP) is 4.40. The average Bonchev–Trinajstić information content (AvgIpc) is 2.27. The van der Waals surface area contributed by atoms with Gasteiger partial charge in [-0.15, -0.1) is 0 Å². The van der Waals surface area contributed by atoms with E-state index in [1.54, 1.807) is 0 Å². The SMILES string of the molecule is C=C(CCCCC(CC)CCCC)C(=O)O. The van der Waals surface area contributed by atoms with Gasteiger partial charge < -0.3 is 5.11 Å². The first-order valence-electron chi connectivity index (χ1n) is 6.52. The molecule has 0 spiro atoms. The minimum absolute atomic E-state index is 0.349. The summed E-state index contributed by atoms with van der Waals surface area (Å²) in [6, 6.07) is 0. The van der Waals surface area contributed by atoms with Crippen LogP contribution >= 0.6 is 0 Å². The maximum Gasteiger partial charge on any atom is 0.330 e. The van der Waals surface area contributed by atoms with Crippen LogP contribution < -0.4 is 0 Å². The van der Waals surface area contributed by atoms with Crippen LogP contribution in [0.2, 0.25) is 0 Å². The van der Waals surface area contributed by atoms with Crippen LogP contribution in [0.15, 0.2) is 12.2 Å². The van der Waals surface area contributed by atoms with Gasteiger partial charge in [0.15, 0.2) is 0 Å². The summed E-state index contributed by atoms with van der Waals surface area (Å²) in [5, 5.41) is 8.65. The molecule has 0 saturated carbocycles. The van der Waals surface area contributed by atoms with Crippen LogP contribution in [-0.2, 0) is 4.79 Å². The van der Waals surface area contributed by atoms with Gasteiger partial charge in [0, 0.05) is 5.57 Å². The molecule has 0 aromatic rings. The summed E-state index contributed by atoms with van der Waals surface area (Å²) in [5.74, 6) is -0.0175. The molecule has 0 bridgehead atoms. The van der Waals surface area contributed by atoms with E-state index in [1.807, 2.05) is 0 Å². The largest absolute Gasteiger partial charge is 0.478 e. The highest BCUT2D eigenvalue weighted by atomic mass is 16.4. The summed E-state index contributed by atoms with van der Waals surface area (Å²) in [6.07, 6.45) is 9.14. The van der Waals surface area contributed by atoms with Crippen molar-refractivity contribution in [1.29, 1.82) is 0 Å². The number of hydrogen-bond acceptors (Lipinski definition) is 1. The molecular formula is C14H26O2. The van der Waals surface area contributed by atoms with E-state index < -0.39 is 5.97 Å². The van der Waals surface area contributed by atoms with Gasteiger partial charge in [0.05, 0.1) is 0 Å². The number of hydrogen-bond donors (Lipinski definition) is 1. The van der Waals surface area contributed by atoms with Crippen molar-refractivity contribution in [2.45, 2.75) is 65.2 Å². The second-order valence-corrected chi connectivity index (χ2v) is 4.57.